The maximum atomic E-state index is 14.0. The number of hydrazine groups is 1. The third kappa shape index (κ3) is 3.28. The van der Waals surface area contributed by atoms with Crippen molar-refractivity contribution in [3.63, 3.8) is 0 Å². The van der Waals surface area contributed by atoms with Crippen LogP contribution in [0.3, 0.4) is 0 Å². The van der Waals surface area contributed by atoms with E-state index in [0.29, 0.717) is 46.1 Å². The Hall–Kier alpha value is -4.78. The van der Waals surface area contributed by atoms with Gasteiger partial charge in [0.15, 0.2) is 0 Å². The molecule has 4 aromatic rings. The number of rotatable bonds is 6. The Morgan fingerprint density at radius 3 is 1.29 bits per heavy atom. The molecule has 0 saturated heterocycles. The predicted octanol–water partition coefficient (Wildman–Crippen LogP) is 5.97. The predicted molar refractivity (Wildman–Crippen MR) is 144 cm³/mol. The highest BCUT2D eigenvalue weighted by atomic mass is 16.2. The van der Waals surface area contributed by atoms with E-state index in [2.05, 4.69) is 0 Å². The van der Waals surface area contributed by atoms with Crippen LogP contribution in [-0.4, -0.2) is 39.6 Å². The monoisotopic (exact) mass is 503 g/mol. The van der Waals surface area contributed by atoms with E-state index in [1.54, 1.807) is 29.3 Å². The Labute approximate surface area is 219 Å². The zero-order valence-electron chi connectivity index (χ0n) is 21.0. The quantitative estimate of drug-likeness (QED) is 0.303. The Balaban J connectivity index is 1.55. The number of carbonyl (C=O) groups excluding carboxylic acids is 4. The molecular formula is C31H25N3O4. The van der Waals surface area contributed by atoms with E-state index in [0.717, 1.165) is 5.01 Å². The number of benzene rings is 4. The van der Waals surface area contributed by atoms with Gasteiger partial charge in [-0.1, -0.05) is 50.2 Å². The average Bonchev–Trinajstić information content (AvgIpc) is 2.96. The zero-order chi connectivity index (χ0) is 26.6. The van der Waals surface area contributed by atoms with Gasteiger partial charge in [-0.25, -0.2) is 5.01 Å². The van der Waals surface area contributed by atoms with Gasteiger partial charge < -0.3 is 0 Å². The lowest BCUT2D eigenvalue weighted by atomic mass is 9.85. The molecule has 0 unspecified atom stereocenters. The standard InChI is InChI=1S/C31H25N3O4/c1-3-19(4-2)32-28(35)22-15-17-24-27-25(18-16-23(26(22)27)29(32)36)31(38)34(30(24)37)33(20-11-7-5-8-12-20)21-13-9-6-10-14-21/h5-19H,3-4H2,1-2H3. The van der Waals surface area contributed by atoms with Crippen molar-refractivity contribution in [2.45, 2.75) is 32.7 Å². The molecule has 4 aromatic carbocycles. The average molecular weight is 504 g/mol. The molecule has 7 nitrogen and oxygen atoms in total. The second-order valence-electron chi connectivity index (χ2n) is 9.43. The van der Waals surface area contributed by atoms with Gasteiger partial charge in [-0.05, 0) is 61.4 Å². The number of amides is 4. The molecule has 2 heterocycles. The molecule has 6 rings (SSSR count). The van der Waals surface area contributed by atoms with Crippen LogP contribution in [0.15, 0.2) is 84.9 Å². The lowest BCUT2D eigenvalue weighted by Gasteiger charge is -2.39. The highest BCUT2D eigenvalue weighted by Gasteiger charge is 2.43. The van der Waals surface area contributed by atoms with E-state index in [1.165, 1.54) is 4.90 Å². The first-order valence-corrected chi connectivity index (χ1v) is 12.7. The molecule has 0 saturated carbocycles. The molecule has 0 aromatic heterocycles. The topological polar surface area (TPSA) is 78.0 Å². The minimum absolute atomic E-state index is 0.227. The van der Waals surface area contributed by atoms with Gasteiger partial charge in [-0.3, -0.25) is 24.1 Å². The summed E-state index contributed by atoms with van der Waals surface area (Å²) in [4.78, 5) is 56.5. The first-order chi connectivity index (χ1) is 18.5. The van der Waals surface area contributed by atoms with Crippen molar-refractivity contribution in [3.8, 4) is 0 Å². The van der Waals surface area contributed by atoms with Crippen molar-refractivity contribution in [2.24, 2.45) is 0 Å². The molecule has 0 spiro atoms. The van der Waals surface area contributed by atoms with Gasteiger partial charge in [0.2, 0.25) is 0 Å². The van der Waals surface area contributed by atoms with E-state index in [9.17, 15) is 19.2 Å². The van der Waals surface area contributed by atoms with Crippen LogP contribution in [0.25, 0.3) is 10.8 Å². The molecule has 0 N–H and O–H groups in total. The van der Waals surface area contributed by atoms with E-state index in [1.807, 2.05) is 74.5 Å². The second-order valence-corrected chi connectivity index (χ2v) is 9.43. The van der Waals surface area contributed by atoms with E-state index < -0.39 is 23.6 Å². The summed E-state index contributed by atoms with van der Waals surface area (Å²) in [7, 11) is 0. The van der Waals surface area contributed by atoms with E-state index in [-0.39, 0.29) is 17.2 Å². The molecule has 0 atom stereocenters. The summed E-state index contributed by atoms with van der Waals surface area (Å²) in [6.45, 7) is 3.89. The first-order valence-electron chi connectivity index (χ1n) is 12.7. The molecule has 38 heavy (non-hydrogen) atoms. The maximum Gasteiger partial charge on any atom is 0.280 e. The zero-order valence-corrected chi connectivity index (χ0v) is 21.0. The van der Waals surface area contributed by atoms with Crippen molar-refractivity contribution in [1.82, 2.24) is 9.91 Å². The van der Waals surface area contributed by atoms with Crippen LogP contribution in [0, 0.1) is 0 Å². The molecular weight excluding hydrogens is 478 g/mol. The Kier molecular flexibility index (Phi) is 5.56. The summed E-state index contributed by atoms with van der Waals surface area (Å²) >= 11 is 0. The van der Waals surface area contributed by atoms with Gasteiger partial charge in [-0.2, -0.15) is 5.01 Å². The molecule has 0 radical (unpaired) electrons. The van der Waals surface area contributed by atoms with Crippen LogP contribution >= 0.6 is 0 Å². The summed E-state index contributed by atoms with van der Waals surface area (Å²) in [5.74, 6) is -1.84. The summed E-state index contributed by atoms with van der Waals surface area (Å²) in [6, 6.07) is 24.6. The van der Waals surface area contributed by atoms with E-state index in [4.69, 9.17) is 0 Å². The van der Waals surface area contributed by atoms with E-state index >= 15 is 0 Å². The van der Waals surface area contributed by atoms with Crippen LogP contribution in [0.4, 0.5) is 11.4 Å². The first kappa shape index (κ1) is 23.6. The molecule has 2 aliphatic heterocycles. The molecule has 0 fully saturated rings. The van der Waals surface area contributed by atoms with Crippen LogP contribution in [0.2, 0.25) is 0 Å². The van der Waals surface area contributed by atoms with Crippen molar-refractivity contribution in [1.29, 1.82) is 0 Å². The number of hydrogen-bond acceptors (Lipinski definition) is 5. The Morgan fingerprint density at radius 1 is 0.553 bits per heavy atom. The normalized spacial score (nSPS) is 14.6. The summed E-state index contributed by atoms with van der Waals surface area (Å²) < 4.78 is 0. The number of carbonyl (C=O) groups is 4. The molecule has 0 aliphatic carbocycles. The molecule has 188 valence electrons. The third-order valence-corrected chi connectivity index (χ3v) is 7.41. The van der Waals surface area contributed by atoms with Gasteiger partial charge in [0.25, 0.3) is 23.6 Å². The van der Waals surface area contributed by atoms with Gasteiger partial charge in [0.05, 0.1) is 22.5 Å². The van der Waals surface area contributed by atoms with Crippen LogP contribution in [-0.2, 0) is 0 Å². The van der Waals surface area contributed by atoms with Gasteiger partial charge in [0, 0.05) is 27.9 Å². The van der Waals surface area contributed by atoms with Crippen molar-refractivity contribution in [2.75, 3.05) is 5.01 Å². The van der Waals surface area contributed by atoms with Gasteiger partial charge in [0.1, 0.15) is 0 Å². The molecule has 4 amide bonds. The van der Waals surface area contributed by atoms with Gasteiger partial charge >= 0.3 is 0 Å². The van der Waals surface area contributed by atoms with Gasteiger partial charge in [-0.15, -0.1) is 0 Å². The lowest BCUT2D eigenvalue weighted by molar-refractivity contribution is 0.0524. The smallest absolute Gasteiger partial charge is 0.271 e. The van der Waals surface area contributed by atoms with Crippen molar-refractivity contribution < 1.29 is 19.2 Å². The minimum Gasteiger partial charge on any atom is -0.271 e. The van der Waals surface area contributed by atoms with Crippen molar-refractivity contribution in [3.05, 3.63) is 107 Å². The fourth-order valence-corrected chi connectivity index (χ4v) is 5.57. The van der Waals surface area contributed by atoms with Crippen molar-refractivity contribution >= 4 is 45.8 Å². The highest BCUT2D eigenvalue weighted by Crippen LogP contribution is 2.40. The minimum atomic E-state index is -0.527. The third-order valence-electron chi connectivity index (χ3n) is 7.41. The summed E-state index contributed by atoms with van der Waals surface area (Å²) in [5.41, 5.74) is 2.50. The lowest BCUT2D eigenvalue weighted by Crippen LogP contribution is -2.51. The fourth-order valence-electron chi connectivity index (χ4n) is 5.57. The summed E-state index contributed by atoms with van der Waals surface area (Å²) in [5, 5.41) is 3.47. The number of hydrogen-bond donors (Lipinski definition) is 0. The molecule has 2 aliphatic rings. The Morgan fingerprint density at radius 2 is 0.921 bits per heavy atom. The number of imide groups is 2. The largest absolute Gasteiger partial charge is 0.280 e. The second kappa shape index (κ2) is 8.95. The van der Waals surface area contributed by atoms with Crippen LogP contribution in [0.1, 0.15) is 68.1 Å². The highest BCUT2D eigenvalue weighted by molar-refractivity contribution is 6.33. The number of para-hydroxylation sites is 2. The Bertz CT molecular complexity index is 1520. The van der Waals surface area contributed by atoms with Crippen LogP contribution in [0.5, 0.6) is 0 Å². The summed E-state index contributed by atoms with van der Waals surface area (Å²) in [6.07, 6.45) is 1.28. The molecule has 0 bridgehead atoms. The number of anilines is 2. The van der Waals surface area contributed by atoms with Crippen LogP contribution < -0.4 is 5.01 Å². The fraction of sp³-hybridized carbons (Fsp3) is 0.161. The SMILES string of the molecule is CCC(CC)N1C(=O)c2ccc3c4c(ccc(c24)C1=O)C(=O)N(N(c1ccccc1)c1ccccc1)C3=O. The maximum absolute atomic E-state index is 14.0. The molecule has 7 heteroatoms. The number of nitrogens with zero attached hydrogens (tertiary/aromatic N) is 3.